The molecule has 3 aromatic heterocycles. The Morgan fingerprint density at radius 3 is 2.55 bits per heavy atom. The van der Waals surface area contributed by atoms with E-state index in [-0.39, 0.29) is 6.61 Å². The number of halogens is 1. The summed E-state index contributed by atoms with van der Waals surface area (Å²) in [4.78, 5) is 13.7. The van der Waals surface area contributed by atoms with Crippen molar-refractivity contribution in [1.29, 1.82) is 0 Å². The number of nitrogens with zero attached hydrogens (tertiary/aromatic N) is 5. The predicted octanol–water partition coefficient (Wildman–Crippen LogP) is 4.45. The predicted molar refractivity (Wildman–Crippen MR) is 116 cm³/mol. The van der Waals surface area contributed by atoms with Crippen molar-refractivity contribution in [3.05, 3.63) is 77.1 Å². The van der Waals surface area contributed by atoms with Gasteiger partial charge in [-0.25, -0.2) is 4.98 Å². The van der Waals surface area contributed by atoms with Crippen LogP contribution < -0.4 is 4.74 Å². The Labute approximate surface area is 182 Å². The molecule has 0 radical (unpaired) electrons. The van der Waals surface area contributed by atoms with E-state index >= 15 is 0 Å². The highest BCUT2D eigenvalue weighted by atomic mass is 35.5. The van der Waals surface area contributed by atoms with Crippen LogP contribution in [-0.2, 0) is 6.61 Å². The first-order chi connectivity index (χ1) is 15.1. The van der Waals surface area contributed by atoms with Crippen molar-refractivity contribution < 1.29 is 9.84 Å². The van der Waals surface area contributed by atoms with Gasteiger partial charge in [-0.2, -0.15) is 20.0 Å². The van der Waals surface area contributed by atoms with E-state index in [2.05, 4.69) is 25.1 Å². The summed E-state index contributed by atoms with van der Waals surface area (Å²) in [7, 11) is 0. The van der Waals surface area contributed by atoms with Gasteiger partial charge < -0.3 is 14.8 Å². The summed E-state index contributed by atoms with van der Waals surface area (Å²) in [5, 5.41) is 18.2. The molecule has 0 bridgehead atoms. The van der Waals surface area contributed by atoms with Gasteiger partial charge in [0.25, 0.3) is 0 Å². The molecule has 3 heterocycles. The highest BCUT2D eigenvalue weighted by Crippen LogP contribution is 2.31. The number of nitrogens with one attached hydrogen (secondary N) is 1. The number of fused-ring (bicyclic) bond motifs is 1. The number of hydrogen-bond acceptors (Lipinski definition) is 6. The summed E-state index contributed by atoms with van der Waals surface area (Å²) < 4.78 is 5.83. The average Bonchev–Trinajstić information content (AvgIpc) is 3.44. The van der Waals surface area contributed by atoms with E-state index in [1.54, 1.807) is 24.5 Å². The highest BCUT2D eigenvalue weighted by molar-refractivity contribution is 6.33. The van der Waals surface area contributed by atoms with Gasteiger partial charge in [-0.1, -0.05) is 29.8 Å². The normalized spacial score (nSPS) is 11.2. The largest absolute Gasteiger partial charge is 0.426 e. The van der Waals surface area contributed by atoms with Crippen LogP contribution in [0.4, 0.5) is 0 Å². The molecule has 0 aliphatic rings. The highest BCUT2D eigenvalue weighted by Gasteiger charge is 2.13. The van der Waals surface area contributed by atoms with Crippen LogP contribution in [0.3, 0.4) is 0 Å². The van der Waals surface area contributed by atoms with Crippen LogP contribution in [0.2, 0.25) is 5.02 Å². The van der Waals surface area contributed by atoms with Gasteiger partial charge >= 0.3 is 6.01 Å². The lowest BCUT2D eigenvalue weighted by Crippen LogP contribution is -1.97. The minimum absolute atomic E-state index is 0.0566. The first-order valence-corrected chi connectivity index (χ1v) is 9.90. The Bertz CT molecular complexity index is 1360. The summed E-state index contributed by atoms with van der Waals surface area (Å²) in [6.07, 6.45) is 3.25. The van der Waals surface area contributed by atoms with E-state index in [1.807, 2.05) is 43.3 Å². The molecule has 5 rings (SSSR count). The number of aliphatic hydroxyl groups excluding tert-OH is 1. The van der Waals surface area contributed by atoms with Gasteiger partial charge in [-0.05, 0) is 48.4 Å². The maximum absolute atomic E-state index is 9.45. The summed E-state index contributed by atoms with van der Waals surface area (Å²) in [5.41, 5.74) is 5.24. The number of imidazole rings is 1. The Morgan fingerprint density at radius 2 is 1.81 bits per heavy atom. The summed E-state index contributed by atoms with van der Waals surface area (Å²) in [5.74, 6) is 0.572. The maximum Gasteiger partial charge on any atom is 0.301 e. The molecule has 5 aromatic rings. The van der Waals surface area contributed by atoms with E-state index < -0.39 is 0 Å². The molecule has 0 atom stereocenters. The number of aliphatic hydroxyl groups is 1. The molecule has 2 aromatic carbocycles. The molecule has 0 saturated carbocycles. The van der Waals surface area contributed by atoms with E-state index in [1.165, 1.54) is 4.80 Å². The van der Waals surface area contributed by atoms with E-state index in [4.69, 9.17) is 16.3 Å². The smallest absolute Gasteiger partial charge is 0.301 e. The van der Waals surface area contributed by atoms with Gasteiger partial charge in [0.15, 0.2) is 5.65 Å². The van der Waals surface area contributed by atoms with Crippen molar-refractivity contribution in [2.24, 2.45) is 0 Å². The fourth-order valence-corrected chi connectivity index (χ4v) is 3.50. The zero-order valence-corrected chi connectivity index (χ0v) is 17.2. The lowest BCUT2D eigenvalue weighted by Gasteiger charge is -2.06. The summed E-state index contributed by atoms with van der Waals surface area (Å²) in [6.45, 7) is 1.88. The molecule has 0 spiro atoms. The van der Waals surface area contributed by atoms with Gasteiger partial charge in [-0.15, -0.1) is 0 Å². The first-order valence-electron chi connectivity index (χ1n) is 9.52. The van der Waals surface area contributed by atoms with Crippen LogP contribution in [-0.4, -0.2) is 35.1 Å². The summed E-state index contributed by atoms with van der Waals surface area (Å²) in [6, 6.07) is 15.2. The van der Waals surface area contributed by atoms with Gasteiger partial charge in [0.2, 0.25) is 0 Å². The topological polar surface area (TPSA) is 102 Å². The second-order valence-electron chi connectivity index (χ2n) is 6.95. The van der Waals surface area contributed by atoms with E-state index in [0.717, 1.165) is 22.4 Å². The number of benzene rings is 2. The molecule has 0 saturated heterocycles. The molecular weight excluding hydrogens is 416 g/mol. The van der Waals surface area contributed by atoms with Crippen molar-refractivity contribution in [3.63, 3.8) is 0 Å². The lowest BCUT2D eigenvalue weighted by atomic mass is 10.1. The fourth-order valence-electron chi connectivity index (χ4n) is 3.24. The number of aromatic nitrogens is 6. The fraction of sp³-hybridized carbons (Fsp3) is 0.0909. The third kappa shape index (κ3) is 3.74. The average molecular weight is 433 g/mol. The molecule has 0 aliphatic heterocycles. The van der Waals surface area contributed by atoms with Gasteiger partial charge in [0.1, 0.15) is 5.75 Å². The lowest BCUT2D eigenvalue weighted by molar-refractivity contribution is 0.280. The molecule has 9 heteroatoms. The molecule has 0 amide bonds. The minimum atomic E-state index is -0.0566. The minimum Gasteiger partial charge on any atom is -0.426 e. The SMILES string of the molecule is Cc1ccc(Oc2nc3nc(-c4ccc(-n5nccn5)cc4)c(Cl)cc3[nH]2)cc1CO. The van der Waals surface area contributed by atoms with Gasteiger partial charge in [-0.3, -0.25) is 0 Å². The van der Waals surface area contributed by atoms with Crippen molar-refractivity contribution in [2.75, 3.05) is 0 Å². The second-order valence-corrected chi connectivity index (χ2v) is 7.35. The van der Waals surface area contributed by atoms with E-state index in [0.29, 0.717) is 33.6 Å². The summed E-state index contributed by atoms with van der Waals surface area (Å²) >= 11 is 6.49. The quantitative estimate of drug-likeness (QED) is 0.425. The molecule has 8 nitrogen and oxygen atoms in total. The zero-order chi connectivity index (χ0) is 21.4. The molecule has 0 unspecified atom stereocenters. The number of ether oxygens (including phenoxy) is 1. The van der Waals surface area contributed by atoms with E-state index in [9.17, 15) is 5.11 Å². The molecule has 154 valence electrons. The number of hydrogen-bond donors (Lipinski definition) is 2. The van der Waals surface area contributed by atoms with Crippen LogP contribution >= 0.6 is 11.6 Å². The van der Waals surface area contributed by atoms with Crippen LogP contribution in [0.25, 0.3) is 28.1 Å². The molecule has 2 N–H and O–H groups in total. The second kappa shape index (κ2) is 7.82. The van der Waals surface area contributed by atoms with Crippen LogP contribution in [0.1, 0.15) is 11.1 Å². The van der Waals surface area contributed by atoms with Crippen molar-refractivity contribution >= 4 is 22.8 Å². The number of pyridine rings is 1. The van der Waals surface area contributed by atoms with Crippen molar-refractivity contribution in [2.45, 2.75) is 13.5 Å². The standard InChI is InChI=1S/C22H17ClN6O2/c1-13-2-7-17(10-15(13)12-30)31-22-26-19-11-18(23)20(27-21(19)28-22)14-3-5-16(6-4-14)29-24-8-9-25-29/h2-11,30H,12H2,1H3,(H,26,27,28). The van der Waals surface area contributed by atoms with Gasteiger partial charge in [0, 0.05) is 5.56 Å². The van der Waals surface area contributed by atoms with Crippen LogP contribution in [0.15, 0.2) is 60.9 Å². The zero-order valence-electron chi connectivity index (χ0n) is 16.5. The van der Waals surface area contributed by atoms with Crippen molar-refractivity contribution in [3.8, 4) is 28.7 Å². The molecule has 0 fully saturated rings. The Kier molecular flexibility index (Phi) is 4.85. The molecular formula is C22H17ClN6O2. The molecule has 0 aliphatic carbocycles. The number of aromatic amines is 1. The first kappa shape index (κ1) is 19.2. The maximum atomic E-state index is 9.45. The van der Waals surface area contributed by atoms with Crippen LogP contribution in [0, 0.1) is 6.92 Å². The Hall–Kier alpha value is -3.75. The number of rotatable bonds is 5. The number of H-pyrrole nitrogens is 1. The molecule has 31 heavy (non-hydrogen) atoms. The Balaban J connectivity index is 1.45. The third-order valence-electron chi connectivity index (χ3n) is 4.90. The van der Waals surface area contributed by atoms with Crippen LogP contribution in [0.5, 0.6) is 11.8 Å². The monoisotopic (exact) mass is 432 g/mol. The van der Waals surface area contributed by atoms with Crippen molar-refractivity contribution in [1.82, 2.24) is 29.9 Å². The Morgan fingerprint density at radius 1 is 1.03 bits per heavy atom. The van der Waals surface area contributed by atoms with Gasteiger partial charge in [0.05, 0.1) is 40.9 Å². The third-order valence-corrected chi connectivity index (χ3v) is 5.19. The number of aryl methyl sites for hydroxylation is 1.